The van der Waals surface area contributed by atoms with E-state index in [0.717, 1.165) is 85.7 Å². The number of aryl methyl sites for hydroxylation is 2. The molecule has 0 radical (unpaired) electrons. The highest BCUT2D eigenvalue weighted by molar-refractivity contribution is 5.91. The molecule has 9 heteroatoms. The van der Waals surface area contributed by atoms with Crippen LogP contribution in [0.4, 0.5) is 15.0 Å². The minimum Gasteiger partial charge on any atom is -0.354 e. The van der Waals surface area contributed by atoms with E-state index < -0.39 is 0 Å². The van der Waals surface area contributed by atoms with Gasteiger partial charge in [-0.15, -0.1) is 0 Å². The fraction of sp³-hybridized carbons (Fsp3) is 0.538. The summed E-state index contributed by atoms with van der Waals surface area (Å²) < 4.78 is 15.3. The number of hydrogen-bond acceptors (Lipinski definition) is 5. The molecule has 0 spiro atoms. The van der Waals surface area contributed by atoms with E-state index in [2.05, 4.69) is 24.1 Å². The van der Waals surface area contributed by atoms with E-state index in [1.54, 1.807) is 16.8 Å². The highest BCUT2D eigenvalue weighted by atomic mass is 19.1. The molecule has 1 N–H and O–H groups in total. The summed E-state index contributed by atoms with van der Waals surface area (Å²) in [5.41, 5.74) is 2.34. The first-order valence-electron chi connectivity index (χ1n) is 12.8. The van der Waals surface area contributed by atoms with E-state index in [1.165, 1.54) is 12.1 Å². The van der Waals surface area contributed by atoms with E-state index in [-0.39, 0.29) is 11.8 Å². The Morgan fingerprint density at radius 2 is 1.80 bits per heavy atom. The van der Waals surface area contributed by atoms with Gasteiger partial charge < -0.3 is 15.1 Å². The molecule has 0 bridgehead atoms. The zero-order valence-corrected chi connectivity index (χ0v) is 21.1. The maximum Gasteiger partial charge on any atom is 0.317 e. The molecule has 1 aliphatic heterocycles. The van der Waals surface area contributed by atoms with Gasteiger partial charge in [-0.3, -0.25) is 0 Å². The molecule has 0 unspecified atom stereocenters. The lowest BCUT2D eigenvalue weighted by Gasteiger charge is -2.24. The smallest absolute Gasteiger partial charge is 0.317 e. The molecular weight excluding hydrogens is 445 g/mol. The molecule has 3 aromatic rings. The first-order valence-corrected chi connectivity index (χ1v) is 12.8. The predicted octanol–water partition coefficient (Wildman–Crippen LogP) is 4.63. The summed E-state index contributed by atoms with van der Waals surface area (Å²) in [6.45, 7) is 9.81. The summed E-state index contributed by atoms with van der Waals surface area (Å²) in [7, 11) is 0. The lowest BCUT2D eigenvalue weighted by Crippen LogP contribution is -2.42. The first kappa shape index (κ1) is 24.9. The third-order valence-corrected chi connectivity index (χ3v) is 6.44. The summed E-state index contributed by atoms with van der Waals surface area (Å²) in [4.78, 5) is 26.7. The van der Waals surface area contributed by atoms with Gasteiger partial charge in [0.1, 0.15) is 17.5 Å². The molecule has 0 saturated carbocycles. The van der Waals surface area contributed by atoms with Gasteiger partial charge in [-0.25, -0.2) is 23.8 Å². The number of carbonyl (C=O) groups excluding carboxylic acids is 1. The largest absolute Gasteiger partial charge is 0.354 e. The van der Waals surface area contributed by atoms with Crippen LogP contribution in [-0.2, 0) is 6.42 Å². The van der Waals surface area contributed by atoms with E-state index in [1.807, 2.05) is 11.8 Å². The third-order valence-electron chi connectivity index (χ3n) is 6.44. The van der Waals surface area contributed by atoms with Crippen molar-refractivity contribution >= 4 is 22.9 Å². The number of urea groups is 1. The predicted molar refractivity (Wildman–Crippen MR) is 137 cm³/mol. The van der Waals surface area contributed by atoms with Gasteiger partial charge >= 0.3 is 6.03 Å². The molecule has 2 amide bonds. The highest BCUT2D eigenvalue weighted by Gasteiger charge is 2.25. The summed E-state index contributed by atoms with van der Waals surface area (Å²) in [5.74, 6) is 1.38. The normalized spacial score (nSPS) is 14.4. The van der Waals surface area contributed by atoms with Crippen molar-refractivity contribution in [1.29, 1.82) is 0 Å². The first-order chi connectivity index (χ1) is 17.0. The van der Waals surface area contributed by atoms with Crippen molar-refractivity contribution in [3.05, 3.63) is 41.6 Å². The van der Waals surface area contributed by atoms with Crippen LogP contribution in [0.25, 0.3) is 16.7 Å². The van der Waals surface area contributed by atoms with E-state index in [4.69, 9.17) is 15.1 Å². The van der Waals surface area contributed by atoms with Crippen LogP contribution in [0.3, 0.4) is 0 Å². The van der Waals surface area contributed by atoms with Crippen molar-refractivity contribution in [2.45, 2.75) is 59.3 Å². The van der Waals surface area contributed by atoms with E-state index in [0.29, 0.717) is 19.6 Å². The Morgan fingerprint density at radius 3 is 2.54 bits per heavy atom. The Hall–Kier alpha value is -3.23. The maximum absolute atomic E-state index is 13.6. The number of unbranched alkanes of at least 4 members (excludes halogenated alkanes) is 2. The number of nitrogens with zero attached hydrogens (tertiary/aromatic N) is 6. The fourth-order valence-corrected chi connectivity index (χ4v) is 4.46. The minimum absolute atomic E-state index is 0.0112. The molecular formula is C26H36FN7O. The summed E-state index contributed by atoms with van der Waals surface area (Å²) in [6, 6.07) is 6.32. The van der Waals surface area contributed by atoms with Crippen molar-refractivity contribution in [2.75, 3.05) is 37.6 Å². The maximum atomic E-state index is 13.6. The SMILES string of the molecule is CCCCNC(=O)N1CCCN(c2nc(CCCC)nc3c2c(C)nn3-c2ccc(F)cc2)CC1. The Balaban J connectivity index is 1.67. The van der Waals surface area contributed by atoms with E-state index >= 15 is 0 Å². The number of benzene rings is 1. The summed E-state index contributed by atoms with van der Waals surface area (Å²) >= 11 is 0. The molecule has 188 valence electrons. The van der Waals surface area contributed by atoms with Crippen LogP contribution >= 0.6 is 0 Å². The molecule has 35 heavy (non-hydrogen) atoms. The third kappa shape index (κ3) is 5.71. The second kappa shape index (κ2) is 11.5. The number of halogens is 1. The van der Waals surface area contributed by atoms with Gasteiger partial charge in [0.2, 0.25) is 0 Å². The molecule has 0 aliphatic carbocycles. The number of aromatic nitrogens is 4. The van der Waals surface area contributed by atoms with Gasteiger partial charge in [-0.05, 0) is 50.5 Å². The second-order valence-electron chi connectivity index (χ2n) is 9.15. The summed E-state index contributed by atoms with van der Waals surface area (Å²) in [6.07, 6.45) is 5.75. The standard InChI is InChI=1S/C26H36FN7O/c1-4-6-9-22-29-24(32-15-8-16-33(18-17-32)26(35)28-14-7-5-2)23-19(3)31-34(25(23)30-22)21-12-10-20(27)11-13-21/h10-13H,4-9,14-18H2,1-3H3,(H,28,35). The van der Waals surface area contributed by atoms with Crippen molar-refractivity contribution in [1.82, 2.24) is 30.0 Å². The van der Waals surface area contributed by atoms with Gasteiger partial charge in [0.25, 0.3) is 0 Å². The molecule has 1 fully saturated rings. The molecule has 1 saturated heterocycles. The van der Waals surface area contributed by atoms with Crippen LogP contribution in [0, 0.1) is 12.7 Å². The number of hydrogen-bond donors (Lipinski definition) is 1. The van der Waals surface area contributed by atoms with Gasteiger partial charge in [-0.2, -0.15) is 5.10 Å². The average Bonchev–Trinajstić information content (AvgIpc) is 3.03. The Morgan fingerprint density at radius 1 is 1.03 bits per heavy atom. The van der Waals surface area contributed by atoms with Crippen LogP contribution in [0.15, 0.2) is 24.3 Å². The summed E-state index contributed by atoms with van der Waals surface area (Å²) in [5, 5.41) is 8.71. The van der Waals surface area contributed by atoms with Crippen LogP contribution in [0.2, 0.25) is 0 Å². The molecule has 3 heterocycles. The van der Waals surface area contributed by atoms with Gasteiger partial charge in [0.15, 0.2) is 5.65 Å². The van der Waals surface area contributed by atoms with Crippen molar-refractivity contribution in [3.8, 4) is 5.69 Å². The van der Waals surface area contributed by atoms with Crippen molar-refractivity contribution in [2.24, 2.45) is 0 Å². The quantitative estimate of drug-likeness (QED) is 0.475. The van der Waals surface area contributed by atoms with Crippen LogP contribution in [-0.4, -0.2) is 63.4 Å². The van der Waals surface area contributed by atoms with Gasteiger partial charge in [-0.1, -0.05) is 26.7 Å². The molecule has 2 aromatic heterocycles. The Labute approximate surface area is 206 Å². The molecule has 4 rings (SSSR count). The zero-order valence-electron chi connectivity index (χ0n) is 21.1. The number of fused-ring (bicyclic) bond motifs is 1. The fourth-order valence-electron chi connectivity index (χ4n) is 4.46. The number of amides is 2. The monoisotopic (exact) mass is 481 g/mol. The van der Waals surface area contributed by atoms with Gasteiger partial charge in [0.05, 0.1) is 16.8 Å². The Kier molecular flexibility index (Phi) is 8.15. The van der Waals surface area contributed by atoms with E-state index in [9.17, 15) is 9.18 Å². The zero-order chi connectivity index (χ0) is 24.8. The number of nitrogens with one attached hydrogen (secondary N) is 1. The number of carbonyl (C=O) groups is 1. The van der Waals surface area contributed by atoms with Crippen molar-refractivity contribution in [3.63, 3.8) is 0 Å². The molecule has 1 aliphatic rings. The number of rotatable bonds is 8. The van der Waals surface area contributed by atoms with Crippen molar-refractivity contribution < 1.29 is 9.18 Å². The highest BCUT2D eigenvalue weighted by Crippen LogP contribution is 2.30. The molecule has 0 atom stereocenters. The Bertz CT molecular complexity index is 1140. The number of anilines is 1. The van der Waals surface area contributed by atoms with Gasteiger partial charge in [0, 0.05) is 39.1 Å². The van der Waals surface area contributed by atoms with Crippen LogP contribution < -0.4 is 10.2 Å². The van der Waals surface area contributed by atoms with Crippen LogP contribution in [0.5, 0.6) is 0 Å². The van der Waals surface area contributed by atoms with Crippen LogP contribution in [0.1, 0.15) is 57.5 Å². The second-order valence-corrected chi connectivity index (χ2v) is 9.15. The topological polar surface area (TPSA) is 79.2 Å². The molecule has 8 nitrogen and oxygen atoms in total. The average molecular weight is 482 g/mol. The lowest BCUT2D eigenvalue weighted by molar-refractivity contribution is 0.201. The lowest BCUT2D eigenvalue weighted by atomic mass is 10.2. The minimum atomic E-state index is -0.284. The molecule has 1 aromatic carbocycles.